The van der Waals surface area contributed by atoms with Crippen molar-refractivity contribution in [3.8, 4) is 22.8 Å². The van der Waals surface area contributed by atoms with E-state index in [9.17, 15) is 4.79 Å². The van der Waals surface area contributed by atoms with E-state index >= 15 is 0 Å². The first-order valence-electron chi connectivity index (χ1n) is 11.6. The van der Waals surface area contributed by atoms with E-state index in [1.165, 1.54) is 43.9 Å². The third-order valence-corrected chi connectivity index (χ3v) is 9.17. The van der Waals surface area contributed by atoms with Crippen LogP contribution in [-0.2, 0) is 4.79 Å². The third-order valence-electron chi connectivity index (χ3n) is 7.83. The molecule has 5 nitrogen and oxygen atoms in total. The maximum atomic E-state index is 13.5. The number of amides is 1. The molecule has 4 aliphatic carbocycles. The maximum Gasteiger partial charge on any atom is 0.266 e. The zero-order valence-electron chi connectivity index (χ0n) is 18.8. The highest BCUT2D eigenvalue weighted by Gasteiger charge is 2.53. The molecule has 7 rings (SSSR count). The predicted molar refractivity (Wildman–Crippen MR) is 133 cm³/mol. The highest BCUT2D eigenvalue weighted by atomic mass is 32.2. The third kappa shape index (κ3) is 3.69. The SMILES string of the molecule is COc1cc(OC)cc(-c2ccc(/C=C3/SC(=S)N(C4C5CC6CC(C5)CC4C6)C3=O)o2)c1. The maximum absolute atomic E-state index is 13.5. The first-order valence-corrected chi connectivity index (χ1v) is 12.8. The minimum absolute atomic E-state index is 0.0449. The lowest BCUT2D eigenvalue weighted by Crippen LogP contribution is -2.57. The second-order valence-electron chi connectivity index (χ2n) is 9.78. The van der Waals surface area contributed by atoms with E-state index in [-0.39, 0.29) is 11.9 Å². The average molecular weight is 482 g/mol. The van der Waals surface area contributed by atoms with Crippen LogP contribution in [0.25, 0.3) is 17.4 Å². The van der Waals surface area contributed by atoms with Gasteiger partial charge in [0.25, 0.3) is 5.91 Å². The zero-order valence-corrected chi connectivity index (χ0v) is 20.4. The average Bonchev–Trinajstić information content (AvgIpc) is 3.38. The van der Waals surface area contributed by atoms with Gasteiger partial charge < -0.3 is 13.9 Å². The van der Waals surface area contributed by atoms with Gasteiger partial charge in [0.1, 0.15) is 27.3 Å². The van der Waals surface area contributed by atoms with Gasteiger partial charge >= 0.3 is 0 Å². The molecule has 1 aliphatic heterocycles. The van der Waals surface area contributed by atoms with Crippen LogP contribution in [-0.4, -0.2) is 35.4 Å². The van der Waals surface area contributed by atoms with E-state index in [2.05, 4.69) is 0 Å². The highest BCUT2D eigenvalue weighted by molar-refractivity contribution is 8.26. The van der Waals surface area contributed by atoms with Crippen LogP contribution < -0.4 is 9.47 Å². The van der Waals surface area contributed by atoms with Gasteiger partial charge in [0, 0.05) is 23.7 Å². The van der Waals surface area contributed by atoms with Crippen molar-refractivity contribution in [1.29, 1.82) is 0 Å². The Kier molecular flexibility index (Phi) is 5.29. The Hall–Kier alpha value is -2.25. The van der Waals surface area contributed by atoms with Gasteiger partial charge in [0.05, 0.1) is 19.1 Å². The zero-order chi connectivity index (χ0) is 22.7. The van der Waals surface area contributed by atoms with Gasteiger partial charge in [-0.25, -0.2) is 0 Å². The molecule has 1 saturated heterocycles. The molecule has 172 valence electrons. The van der Waals surface area contributed by atoms with Crippen molar-refractivity contribution in [2.24, 2.45) is 23.7 Å². The Morgan fingerprint density at radius 3 is 2.24 bits per heavy atom. The first-order chi connectivity index (χ1) is 16.0. The van der Waals surface area contributed by atoms with Crippen LogP contribution in [0.5, 0.6) is 11.5 Å². The molecule has 1 aromatic heterocycles. The summed E-state index contributed by atoms with van der Waals surface area (Å²) in [6, 6.07) is 9.69. The fraction of sp³-hybridized carbons (Fsp3) is 0.462. The summed E-state index contributed by atoms with van der Waals surface area (Å²) in [5, 5.41) is 0. The van der Waals surface area contributed by atoms with Crippen molar-refractivity contribution >= 4 is 40.3 Å². The van der Waals surface area contributed by atoms with Crippen molar-refractivity contribution < 1.29 is 18.7 Å². The number of methoxy groups -OCH3 is 2. The molecule has 0 atom stereocenters. The van der Waals surface area contributed by atoms with Crippen molar-refractivity contribution in [2.45, 2.75) is 38.1 Å². The molecule has 33 heavy (non-hydrogen) atoms. The van der Waals surface area contributed by atoms with Crippen LogP contribution in [0.1, 0.15) is 37.9 Å². The summed E-state index contributed by atoms with van der Waals surface area (Å²) in [4.78, 5) is 16.1. The molecule has 0 unspecified atom stereocenters. The molecule has 0 radical (unpaired) electrons. The van der Waals surface area contributed by atoms with E-state index in [1.54, 1.807) is 14.2 Å². The Balaban J connectivity index is 1.25. The van der Waals surface area contributed by atoms with E-state index in [0.717, 1.165) is 17.4 Å². The van der Waals surface area contributed by atoms with Gasteiger partial charge in [-0.05, 0) is 80.0 Å². The van der Waals surface area contributed by atoms with Crippen LogP contribution in [0.15, 0.2) is 39.7 Å². The summed E-state index contributed by atoms with van der Waals surface area (Å²) in [5.41, 5.74) is 0.854. The largest absolute Gasteiger partial charge is 0.497 e. The van der Waals surface area contributed by atoms with Crippen LogP contribution in [0.2, 0.25) is 0 Å². The summed E-state index contributed by atoms with van der Waals surface area (Å²) in [7, 11) is 3.25. The summed E-state index contributed by atoms with van der Waals surface area (Å²) >= 11 is 7.12. The van der Waals surface area contributed by atoms with Gasteiger partial charge in [-0.3, -0.25) is 9.69 Å². The molecule has 2 aromatic rings. The van der Waals surface area contributed by atoms with Gasteiger partial charge in [0.2, 0.25) is 0 Å². The van der Waals surface area contributed by atoms with E-state index in [4.69, 9.17) is 26.1 Å². The lowest BCUT2D eigenvalue weighted by Gasteiger charge is -2.56. The number of nitrogens with zero attached hydrogens (tertiary/aromatic N) is 1. The number of hydrogen-bond acceptors (Lipinski definition) is 6. The van der Waals surface area contributed by atoms with Crippen molar-refractivity contribution in [1.82, 2.24) is 4.90 Å². The van der Waals surface area contributed by atoms with Gasteiger partial charge in [-0.2, -0.15) is 0 Å². The molecule has 1 aromatic carbocycles. The smallest absolute Gasteiger partial charge is 0.266 e. The number of furan rings is 1. The minimum Gasteiger partial charge on any atom is -0.497 e. The number of carbonyl (C=O) groups excluding carboxylic acids is 1. The predicted octanol–water partition coefficient (Wildman–Crippen LogP) is 5.99. The van der Waals surface area contributed by atoms with Crippen molar-refractivity contribution in [3.05, 3.63) is 41.0 Å². The number of thioether (sulfide) groups is 1. The summed E-state index contributed by atoms with van der Waals surface area (Å²) in [5.74, 6) is 5.72. The molecule has 7 heteroatoms. The van der Waals surface area contributed by atoms with Crippen molar-refractivity contribution in [2.75, 3.05) is 14.2 Å². The van der Waals surface area contributed by atoms with E-state index in [1.807, 2.05) is 41.3 Å². The normalized spacial score (nSPS) is 31.6. The van der Waals surface area contributed by atoms with E-state index in [0.29, 0.717) is 44.1 Å². The summed E-state index contributed by atoms with van der Waals surface area (Å²) < 4.78 is 17.5. The molecule has 2 heterocycles. The molecule has 5 aliphatic rings. The van der Waals surface area contributed by atoms with Crippen LogP contribution in [0.4, 0.5) is 0 Å². The number of thiocarbonyl (C=S) groups is 1. The summed E-state index contributed by atoms with van der Waals surface area (Å²) in [6.45, 7) is 0. The van der Waals surface area contributed by atoms with Crippen LogP contribution in [0.3, 0.4) is 0 Å². The van der Waals surface area contributed by atoms with Gasteiger partial charge in [-0.1, -0.05) is 24.0 Å². The number of benzene rings is 1. The lowest BCUT2D eigenvalue weighted by molar-refractivity contribution is -0.130. The number of hydrogen-bond donors (Lipinski definition) is 0. The van der Waals surface area contributed by atoms with Gasteiger partial charge in [0.15, 0.2) is 0 Å². The van der Waals surface area contributed by atoms with Gasteiger partial charge in [-0.15, -0.1) is 0 Å². The Bertz CT molecular complexity index is 1100. The summed E-state index contributed by atoms with van der Waals surface area (Å²) in [6.07, 6.45) is 8.28. The fourth-order valence-corrected chi connectivity index (χ4v) is 8.05. The number of ether oxygens (including phenoxy) is 2. The molecule has 4 bridgehead atoms. The molecule has 1 amide bonds. The standard InChI is InChI=1S/C26H27NO4S2/c1-29-20-10-16(11-21(12-20)30-2)22-4-3-19(31-22)13-23-25(28)27(26(32)33-23)24-17-6-14-5-15(8-17)9-18(24)7-14/h3-4,10-15,17-18,24H,5-9H2,1-2H3/b23-13+. The highest BCUT2D eigenvalue weighted by Crippen LogP contribution is 2.56. The first kappa shape index (κ1) is 21.3. The van der Waals surface area contributed by atoms with Crippen LogP contribution >= 0.6 is 24.0 Å². The Morgan fingerprint density at radius 1 is 1.00 bits per heavy atom. The number of rotatable bonds is 5. The monoisotopic (exact) mass is 481 g/mol. The molecular formula is C26H27NO4S2. The second kappa shape index (κ2) is 8.20. The molecule has 0 N–H and O–H groups in total. The molecule has 0 spiro atoms. The second-order valence-corrected chi connectivity index (χ2v) is 11.5. The van der Waals surface area contributed by atoms with E-state index < -0.39 is 0 Å². The Labute approximate surface area is 203 Å². The quantitative estimate of drug-likeness (QED) is 0.386. The topological polar surface area (TPSA) is 51.9 Å². The minimum atomic E-state index is 0.0449. The van der Waals surface area contributed by atoms with Crippen LogP contribution in [0, 0.1) is 23.7 Å². The fourth-order valence-electron chi connectivity index (χ4n) is 6.72. The van der Waals surface area contributed by atoms with Crippen molar-refractivity contribution in [3.63, 3.8) is 0 Å². The Morgan fingerprint density at radius 2 is 1.64 bits per heavy atom. The lowest BCUT2D eigenvalue weighted by atomic mass is 9.54. The molecular weight excluding hydrogens is 454 g/mol. The number of carbonyl (C=O) groups is 1. The molecule has 4 saturated carbocycles. The molecule has 5 fully saturated rings.